The van der Waals surface area contributed by atoms with Crippen LogP contribution < -0.4 is 16.4 Å². The first-order chi connectivity index (χ1) is 13.0. The van der Waals surface area contributed by atoms with Crippen LogP contribution in [0.5, 0.6) is 0 Å². The molecule has 4 N–H and O–H groups in total. The molecule has 0 radical (unpaired) electrons. The van der Waals surface area contributed by atoms with Crippen LogP contribution in [0, 0.1) is 11.3 Å². The van der Waals surface area contributed by atoms with Gasteiger partial charge in [-0.2, -0.15) is 5.26 Å². The van der Waals surface area contributed by atoms with E-state index in [9.17, 15) is 14.9 Å². The number of anilines is 2. The molecule has 0 spiro atoms. The van der Waals surface area contributed by atoms with Crippen LogP contribution in [-0.2, 0) is 0 Å². The molecule has 0 aliphatic heterocycles. The number of nitrogens with zero attached hydrogens (tertiary/aromatic N) is 1. The van der Waals surface area contributed by atoms with Gasteiger partial charge >= 0.3 is 6.03 Å². The van der Waals surface area contributed by atoms with Crippen molar-refractivity contribution in [3.8, 4) is 17.2 Å². The Bertz CT molecular complexity index is 1040. The highest BCUT2D eigenvalue weighted by Gasteiger charge is 2.24. The zero-order valence-electron chi connectivity index (χ0n) is 13.8. The summed E-state index contributed by atoms with van der Waals surface area (Å²) in [6.45, 7) is 0. The number of benzene rings is 2. The molecule has 6 nitrogen and oxygen atoms in total. The Morgan fingerprint density at radius 1 is 1.07 bits per heavy atom. The third-order valence-corrected chi connectivity index (χ3v) is 5.19. The fraction of sp³-hybridized carbons (Fsp3) is 0. The lowest BCUT2D eigenvalue weighted by molar-refractivity contribution is 0.0971. The zero-order valence-corrected chi connectivity index (χ0v) is 16.2. The summed E-state index contributed by atoms with van der Waals surface area (Å²) in [7, 11) is 0. The number of carbonyl (C=O) groups is 2. The van der Waals surface area contributed by atoms with Gasteiger partial charge in [0.2, 0.25) is 0 Å². The molecule has 0 bridgehead atoms. The van der Waals surface area contributed by atoms with E-state index >= 15 is 0 Å². The standard InChI is InChI=1S/C19H13BrN4O2S/c20-12-8-6-11(7-9-12)15-14(10-21)17(22)27-16(15)18(25)24-19(26)23-13-4-2-1-3-5-13/h1-9H,22H2,(H2,23,24,25,26). The van der Waals surface area contributed by atoms with E-state index < -0.39 is 11.9 Å². The van der Waals surface area contributed by atoms with E-state index in [-0.39, 0.29) is 15.4 Å². The molecule has 0 unspecified atom stereocenters. The molecule has 3 rings (SSSR count). The quantitative estimate of drug-likeness (QED) is 0.552. The summed E-state index contributed by atoms with van der Waals surface area (Å²) in [5.74, 6) is -0.625. The molecule has 3 aromatic rings. The number of thiophene rings is 1. The van der Waals surface area contributed by atoms with E-state index in [4.69, 9.17) is 5.73 Å². The average Bonchev–Trinajstić information content (AvgIpc) is 2.99. The molecule has 8 heteroatoms. The monoisotopic (exact) mass is 440 g/mol. The number of hydrogen-bond donors (Lipinski definition) is 3. The normalized spacial score (nSPS) is 10.1. The number of nitriles is 1. The Morgan fingerprint density at radius 2 is 1.74 bits per heavy atom. The number of halogens is 1. The van der Waals surface area contributed by atoms with E-state index in [1.165, 1.54) is 0 Å². The summed E-state index contributed by atoms with van der Waals surface area (Å²) in [5, 5.41) is 14.5. The number of amides is 3. The Morgan fingerprint density at radius 3 is 2.37 bits per heavy atom. The second kappa shape index (κ2) is 8.03. The number of rotatable bonds is 3. The van der Waals surface area contributed by atoms with Crippen LogP contribution >= 0.6 is 27.3 Å². The van der Waals surface area contributed by atoms with Crippen molar-refractivity contribution in [1.82, 2.24) is 5.32 Å². The van der Waals surface area contributed by atoms with E-state index in [1.807, 2.05) is 12.1 Å². The van der Waals surface area contributed by atoms with Crippen LogP contribution in [0.15, 0.2) is 59.1 Å². The van der Waals surface area contributed by atoms with Crippen molar-refractivity contribution in [2.24, 2.45) is 0 Å². The minimum absolute atomic E-state index is 0.203. The maximum absolute atomic E-state index is 12.7. The predicted octanol–water partition coefficient (Wildman–Crippen LogP) is 4.59. The van der Waals surface area contributed by atoms with Gasteiger partial charge in [-0.1, -0.05) is 46.3 Å². The van der Waals surface area contributed by atoms with Gasteiger partial charge in [0.1, 0.15) is 15.9 Å². The van der Waals surface area contributed by atoms with Crippen LogP contribution in [0.2, 0.25) is 0 Å². The summed E-state index contributed by atoms with van der Waals surface area (Å²) >= 11 is 4.32. The average molecular weight is 441 g/mol. The van der Waals surface area contributed by atoms with E-state index in [0.717, 1.165) is 15.8 Å². The number of para-hydroxylation sites is 1. The molecule has 27 heavy (non-hydrogen) atoms. The fourth-order valence-electron chi connectivity index (χ4n) is 2.46. The van der Waals surface area contributed by atoms with Crippen LogP contribution in [0.3, 0.4) is 0 Å². The van der Waals surface area contributed by atoms with Gasteiger partial charge in [-0.05, 0) is 29.8 Å². The SMILES string of the molecule is N#Cc1c(N)sc(C(=O)NC(=O)Nc2ccccc2)c1-c1ccc(Br)cc1. The topological polar surface area (TPSA) is 108 Å². The number of carbonyl (C=O) groups excluding carboxylic acids is 2. The van der Waals surface area contributed by atoms with Crippen molar-refractivity contribution < 1.29 is 9.59 Å². The zero-order chi connectivity index (χ0) is 19.4. The first kappa shape index (κ1) is 18.6. The predicted molar refractivity (Wildman–Crippen MR) is 110 cm³/mol. The molecule has 0 aliphatic rings. The van der Waals surface area contributed by atoms with Crippen molar-refractivity contribution in [3.05, 3.63) is 69.5 Å². The van der Waals surface area contributed by atoms with Crippen LogP contribution in [0.25, 0.3) is 11.1 Å². The molecule has 0 aliphatic carbocycles. The van der Waals surface area contributed by atoms with Gasteiger partial charge in [0.25, 0.3) is 5.91 Å². The summed E-state index contributed by atoms with van der Waals surface area (Å²) in [5.41, 5.74) is 7.77. The van der Waals surface area contributed by atoms with Crippen molar-refractivity contribution >= 4 is 49.9 Å². The number of nitrogens with two attached hydrogens (primary N) is 1. The Balaban J connectivity index is 1.89. The molecule has 0 fully saturated rings. The van der Waals surface area contributed by atoms with Crippen molar-refractivity contribution in [2.45, 2.75) is 0 Å². The minimum atomic E-state index is -0.668. The second-order valence-electron chi connectivity index (χ2n) is 5.44. The van der Waals surface area contributed by atoms with E-state index in [0.29, 0.717) is 16.8 Å². The summed E-state index contributed by atoms with van der Waals surface area (Å²) in [6.07, 6.45) is 0. The summed E-state index contributed by atoms with van der Waals surface area (Å²) in [4.78, 5) is 25.0. The Labute approximate surface area is 167 Å². The molecule has 1 heterocycles. The lowest BCUT2D eigenvalue weighted by Gasteiger charge is -2.08. The van der Waals surface area contributed by atoms with E-state index in [2.05, 4.69) is 26.6 Å². The van der Waals surface area contributed by atoms with Crippen molar-refractivity contribution in [1.29, 1.82) is 5.26 Å². The van der Waals surface area contributed by atoms with Gasteiger partial charge in [0, 0.05) is 15.7 Å². The first-order valence-corrected chi connectivity index (χ1v) is 9.36. The van der Waals surface area contributed by atoms with E-state index in [1.54, 1.807) is 48.5 Å². The maximum atomic E-state index is 12.7. The van der Waals surface area contributed by atoms with Crippen molar-refractivity contribution in [3.63, 3.8) is 0 Å². The fourth-order valence-corrected chi connectivity index (χ4v) is 3.66. The molecular weight excluding hydrogens is 428 g/mol. The molecule has 3 amide bonds. The maximum Gasteiger partial charge on any atom is 0.326 e. The molecule has 134 valence electrons. The molecule has 0 saturated heterocycles. The van der Waals surface area contributed by atoms with Crippen LogP contribution in [0.4, 0.5) is 15.5 Å². The molecule has 2 aromatic carbocycles. The highest BCUT2D eigenvalue weighted by atomic mass is 79.9. The van der Waals surface area contributed by atoms with Crippen LogP contribution in [-0.4, -0.2) is 11.9 Å². The number of hydrogen-bond acceptors (Lipinski definition) is 5. The lowest BCUT2D eigenvalue weighted by Crippen LogP contribution is -2.34. The molecule has 1 aromatic heterocycles. The highest BCUT2D eigenvalue weighted by molar-refractivity contribution is 9.10. The Hall–Kier alpha value is -3.15. The summed E-state index contributed by atoms with van der Waals surface area (Å²) in [6, 6.07) is 17.3. The lowest BCUT2D eigenvalue weighted by atomic mass is 10.0. The smallest absolute Gasteiger partial charge is 0.326 e. The van der Waals surface area contributed by atoms with Gasteiger partial charge in [0.15, 0.2) is 0 Å². The van der Waals surface area contributed by atoms with Crippen molar-refractivity contribution in [2.75, 3.05) is 11.1 Å². The summed E-state index contributed by atoms with van der Waals surface area (Å²) < 4.78 is 0.862. The number of imide groups is 1. The number of nitrogen functional groups attached to an aromatic ring is 1. The Kier molecular flexibility index (Phi) is 5.54. The van der Waals surface area contributed by atoms with Gasteiger partial charge < -0.3 is 11.1 Å². The first-order valence-electron chi connectivity index (χ1n) is 7.75. The third kappa shape index (κ3) is 4.16. The van der Waals surface area contributed by atoms with Gasteiger partial charge in [-0.3, -0.25) is 10.1 Å². The second-order valence-corrected chi connectivity index (χ2v) is 7.41. The largest absolute Gasteiger partial charge is 0.389 e. The molecular formula is C19H13BrN4O2S. The van der Waals surface area contributed by atoms with Gasteiger partial charge in [-0.15, -0.1) is 11.3 Å². The van der Waals surface area contributed by atoms with Gasteiger partial charge in [0.05, 0.1) is 5.56 Å². The van der Waals surface area contributed by atoms with Gasteiger partial charge in [-0.25, -0.2) is 4.79 Å². The molecule has 0 saturated carbocycles. The number of nitrogens with one attached hydrogen (secondary N) is 2. The highest BCUT2D eigenvalue weighted by Crippen LogP contribution is 2.38. The van der Waals surface area contributed by atoms with Crippen LogP contribution in [0.1, 0.15) is 15.2 Å². The number of urea groups is 1. The minimum Gasteiger partial charge on any atom is -0.389 e. The molecule has 0 atom stereocenters. The third-order valence-electron chi connectivity index (χ3n) is 3.65.